The third-order valence-corrected chi connectivity index (χ3v) is 6.17. The van der Waals surface area contributed by atoms with Crippen molar-refractivity contribution in [2.24, 2.45) is 0 Å². The largest absolute Gasteiger partial charge is 0.339 e. The Morgan fingerprint density at radius 3 is 2.63 bits per heavy atom. The summed E-state index contributed by atoms with van der Waals surface area (Å²) in [6, 6.07) is 0. The van der Waals surface area contributed by atoms with Crippen LogP contribution >= 0.6 is 0 Å². The molecule has 4 rings (SSSR count). The highest BCUT2D eigenvalue weighted by molar-refractivity contribution is 5.78. The molecule has 3 aliphatic heterocycles. The molecule has 3 aliphatic rings. The number of likely N-dealkylation sites (N-methyl/N-ethyl adjacent to an activating group) is 1. The summed E-state index contributed by atoms with van der Waals surface area (Å²) in [5.41, 5.74) is 1.15. The molecule has 0 aliphatic carbocycles. The van der Waals surface area contributed by atoms with Crippen molar-refractivity contribution in [3.8, 4) is 0 Å². The molecular weight excluding hydrogens is 346 g/mol. The lowest BCUT2D eigenvalue weighted by atomic mass is 9.95. The maximum atomic E-state index is 13.4. The zero-order valence-electron chi connectivity index (χ0n) is 16.3. The summed E-state index contributed by atoms with van der Waals surface area (Å²) in [5, 5.41) is 0. The van der Waals surface area contributed by atoms with Crippen molar-refractivity contribution in [3.63, 3.8) is 0 Å². The minimum absolute atomic E-state index is 0.0124. The molecule has 0 N–H and O–H groups in total. The Morgan fingerprint density at radius 1 is 1.15 bits per heavy atom. The maximum Gasteiger partial charge on any atom is 0.259 e. The van der Waals surface area contributed by atoms with Crippen molar-refractivity contribution in [2.75, 3.05) is 40.3 Å². The number of carbonyl (C=O) groups is 2. The molecule has 1 atom stereocenters. The number of rotatable bonds is 2. The van der Waals surface area contributed by atoms with Crippen LogP contribution in [0.2, 0.25) is 0 Å². The molecule has 8 heteroatoms. The average Bonchev–Trinajstić information content (AvgIpc) is 3.19. The van der Waals surface area contributed by atoms with Gasteiger partial charge in [0.25, 0.3) is 5.56 Å². The Kier molecular flexibility index (Phi) is 4.33. The van der Waals surface area contributed by atoms with Gasteiger partial charge in [-0.05, 0) is 26.9 Å². The fourth-order valence-corrected chi connectivity index (χ4v) is 4.73. The van der Waals surface area contributed by atoms with Crippen molar-refractivity contribution in [1.82, 2.24) is 24.3 Å². The van der Waals surface area contributed by atoms with Gasteiger partial charge in [-0.25, -0.2) is 4.98 Å². The Labute approximate surface area is 158 Å². The molecular formula is C19H27N5O3. The summed E-state index contributed by atoms with van der Waals surface area (Å²) in [5.74, 6) is 0.936. The van der Waals surface area contributed by atoms with Gasteiger partial charge in [0.2, 0.25) is 11.8 Å². The predicted octanol–water partition coefficient (Wildman–Crippen LogP) is -0.417. The van der Waals surface area contributed by atoms with Crippen LogP contribution in [0.5, 0.6) is 0 Å². The van der Waals surface area contributed by atoms with Crippen LogP contribution in [0.4, 0.5) is 0 Å². The number of carbonyl (C=O) groups excluding carboxylic acids is 2. The number of fused-ring (bicyclic) bond motifs is 3. The van der Waals surface area contributed by atoms with E-state index in [0.29, 0.717) is 44.7 Å². The van der Waals surface area contributed by atoms with E-state index in [4.69, 9.17) is 4.98 Å². The third-order valence-electron chi connectivity index (χ3n) is 6.17. The quantitative estimate of drug-likeness (QED) is 0.704. The van der Waals surface area contributed by atoms with Crippen LogP contribution in [0.1, 0.15) is 36.8 Å². The van der Waals surface area contributed by atoms with Crippen LogP contribution in [0.3, 0.4) is 0 Å². The smallest absolute Gasteiger partial charge is 0.259 e. The minimum atomic E-state index is -0.338. The molecule has 27 heavy (non-hydrogen) atoms. The van der Waals surface area contributed by atoms with Gasteiger partial charge in [-0.1, -0.05) is 0 Å². The topological polar surface area (TPSA) is 78.8 Å². The van der Waals surface area contributed by atoms with E-state index in [9.17, 15) is 14.4 Å². The van der Waals surface area contributed by atoms with Crippen LogP contribution in [0, 0.1) is 0 Å². The van der Waals surface area contributed by atoms with E-state index in [-0.39, 0.29) is 22.9 Å². The van der Waals surface area contributed by atoms with Gasteiger partial charge in [-0.2, -0.15) is 0 Å². The highest BCUT2D eigenvalue weighted by Crippen LogP contribution is 2.38. The first-order chi connectivity index (χ1) is 12.8. The minimum Gasteiger partial charge on any atom is -0.339 e. The van der Waals surface area contributed by atoms with E-state index in [2.05, 4.69) is 0 Å². The second-order valence-electron chi connectivity index (χ2n) is 8.31. The molecule has 1 aromatic rings. The summed E-state index contributed by atoms with van der Waals surface area (Å²) in [7, 11) is 3.77. The van der Waals surface area contributed by atoms with Crippen LogP contribution in [0.15, 0.2) is 4.79 Å². The summed E-state index contributed by atoms with van der Waals surface area (Å²) in [6.07, 6.45) is 3.04. The fourth-order valence-electron chi connectivity index (χ4n) is 4.73. The number of likely N-dealkylation sites (tertiary alicyclic amines) is 1. The first-order valence-corrected chi connectivity index (χ1v) is 9.63. The predicted molar refractivity (Wildman–Crippen MR) is 99.3 cm³/mol. The molecule has 0 saturated carbocycles. The summed E-state index contributed by atoms with van der Waals surface area (Å²) < 4.78 is 1.86. The van der Waals surface area contributed by atoms with Crippen molar-refractivity contribution >= 4 is 11.8 Å². The van der Waals surface area contributed by atoms with Gasteiger partial charge >= 0.3 is 0 Å². The Morgan fingerprint density at radius 2 is 1.93 bits per heavy atom. The number of aromatic nitrogens is 2. The summed E-state index contributed by atoms with van der Waals surface area (Å²) in [4.78, 5) is 47.9. The van der Waals surface area contributed by atoms with E-state index >= 15 is 0 Å². The first kappa shape index (κ1) is 18.2. The Balaban J connectivity index is 1.67. The van der Waals surface area contributed by atoms with Gasteiger partial charge in [0, 0.05) is 39.4 Å². The molecule has 2 amide bonds. The molecule has 4 heterocycles. The molecule has 0 bridgehead atoms. The molecule has 1 aromatic heterocycles. The number of hydrogen-bond donors (Lipinski definition) is 0. The van der Waals surface area contributed by atoms with Gasteiger partial charge in [0.1, 0.15) is 5.82 Å². The molecule has 1 saturated heterocycles. The van der Waals surface area contributed by atoms with E-state index in [1.165, 1.54) is 6.92 Å². The molecule has 0 unspecified atom stereocenters. The molecule has 8 nitrogen and oxygen atoms in total. The van der Waals surface area contributed by atoms with Gasteiger partial charge in [0.15, 0.2) is 0 Å². The summed E-state index contributed by atoms with van der Waals surface area (Å²) in [6.45, 7) is 4.13. The highest BCUT2D eigenvalue weighted by atomic mass is 16.2. The monoisotopic (exact) mass is 373 g/mol. The highest BCUT2D eigenvalue weighted by Gasteiger charge is 2.47. The van der Waals surface area contributed by atoms with E-state index in [1.807, 2.05) is 28.5 Å². The van der Waals surface area contributed by atoms with Crippen molar-refractivity contribution in [2.45, 2.75) is 44.7 Å². The lowest BCUT2D eigenvalue weighted by molar-refractivity contribution is -0.131. The normalized spacial score (nSPS) is 23.9. The molecule has 1 spiro atoms. The van der Waals surface area contributed by atoms with Crippen LogP contribution < -0.4 is 5.56 Å². The Hall–Kier alpha value is -2.22. The maximum absolute atomic E-state index is 13.4. The number of amides is 2. The lowest BCUT2D eigenvalue weighted by Crippen LogP contribution is -2.46. The van der Waals surface area contributed by atoms with Gasteiger partial charge in [-0.15, -0.1) is 0 Å². The van der Waals surface area contributed by atoms with E-state index in [1.54, 1.807) is 4.90 Å². The number of hydrogen-bond acceptors (Lipinski definition) is 5. The Bertz CT molecular complexity index is 862. The molecule has 0 aromatic carbocycles. The molecule has 0 radical (unpaired) electrons. The van der Waals surface area contributed by atoms with Crippen molar-refractivity contribution in [3.05, 3.63) is 27.4 Å². The zero-order valence-corrected chi connectivity index (χ0v) is 16.3. The lowest BCUT2D eigenvalue weighted by Gasteiger charge is -2.31. The SMILES string of the molecule is CC(=O)N1CCc2nc3n(c(=O)c2C1)[C@@]1(CC3)CCN(C(=O)CN(C)C)C1. The number of nitrogens with zero attached hydrogens (tertiary/aromatic N) is 5. The first-order valence-electron chi connectivity index (χ1n) is 9.63. The van der Waals surface area contributed by atoms with E-state index < -0.39 is 0 Å². The standard InChI is InChI=1S/C19H27N5O3/c1-13(25)22-8-5-15-14(10-22)18(27)24-16(20-15)4-6-19(24)7-9-23(12-19)17(26)11-21(2)3/h4-12H2,1-3H3/t19-/m0/s1. The average molecular weight is 373 g/mol. The zero-order chi connectivity index (χ0) is 19.3. The summed E-state index contributed by atoms with van der Waals surface area (Å²) >= 11 is 0. The molecule has 146 valence electrons. The second kappa shape index (κ2) is 6.44. The van der Waals surface area contributed by atoms with Gasteiger partial charge < -0.3 is 14.7 Å². The molecule has 1 fully saturated rings. The van der Waals surface area contributed by atoms with E-state index in [0.717, 1.165) is 30.8 Å². The second-order valence-corrected chi connectivity index (χ2v) is 8.31. The fraction of sp³-hybridized carbons (Fsp3) is 0.684. The van der Waals surface area contributed by atoms with Gasteiger partial charge in [0.05, 0.1) is 29.9 Å². The van der Waals surface area contributed by atoms with Crippen LogP contribution in [-0.4, -0.2) is 76.3 Å². The van der Waals surface area contributed by atoms with Crippen LogP contribution in [0.25, 0.3) is 0 Å². The number of aryl methyl sites for hydroxylation is 1. The van der Waals surface area contributed by atoms with Gasteiger partial charge in [-0.3, -0.25) is 19.0 Å². The van der Waals surface area contributed by atoms with Crippen molar-refractivity contribution < 1.29 is 9.59 Å². The van der Waals surface area contributed by atoms with Crippen LogP contribution in [-0.2, 0) is 34.5 Å². The van der Waals surface area contributed by atoms with Crippen molar-refractivity contribution in [1.29, 1.82) is 0 Å². The third kappa shape index (κ3) is 2.96.